The number of ether oxygens (including phenoxy) is 1. The summed E-state index contributed by atoms with van der Waals surface area (Å²) in [6.45, 7) is 2.96. The van der Waals surface area contributed by atoms with Gasteiger partial charge >= 0.3 is 0 Å². The zero-order chi connectivity index (χ0) is 24.8. The minimum Gasteiger partial charge on any atom is -0.400 e. The molecule has 4 nitrogen and oxygen atoms in total. The number of carbonyl (C=O) groups is 2. The third kappa shape index (κ3) is 26.6. The van der Waals surface area contributed by atoms with Gasteiger partial charge in [-0.15, -0.1) is 0 Å². The fraction of sp³-hybridized carbons (Fsp3) is 0.724. The van der Waals surface area contributed by atoms with E-state index in [0.717, 1.165) is 32.7 Å². The number of benzene rings is 1. The molecular weight excluding hydrogens is 412 g/mol. The molecule has 1 N–H and O–H groups in total. The van der Waals surface area contributed by atoms with Crippen LogP contribution >= 0.6 is 0 Å². The summed E-state index contributed by atoms with van der Waals surface area (Å²) in [5.41, 5.74) is 1.22. The molecule has 0 heterocycles. The van der Waals surface area contributed by atoms with E-state index in [1.165, 1.54) is 88.9 Å². The van der Waals surface area contributed by atoms with E-state index < -0.39 is 0 Å². The van der Waals surface area contributed by atoms with Crippen LogP contribution in [-0.2, 0) is 20.9 Å². The summed E-state index contributed by atoms with van der Waals surface area (Å²) in [7, 11) is 2.70. The standard InChI is InChI=1S/C20H38O2.C8H10O.CH4O/c1-2-3-4-5-7-10-13-16-20(19-22)17-14-11-8-6-9-12-15-18-21;1-9-7-8-5-3-2-4-6-8;1-2/h18-20H,2-17H2,1H3;2-6H,7H2,1H3;2H,1H3. The van der Waals surface area contributed by atoms with Crippen molar-refractivity contribution in [3.8, 4) is 0 Å². The number of hydrogen-bond acceptors (Lipinski definition) is 4. The first-order valence-corrected chi connectivity index (χ1v) is 13.1. The van der Waals surface area contributed by atoms with Gasteiger partial charge in [0.25, 0.3) is 0 Å². The lowest BCUT2D eigenvalue weighted by Crippen LogP contribution is -2.02. The van der Waals surface area contributed by atoms with E-state index in [1.807, 2.05) is 30.3 Å². The Kier molecular flexibility index (Phi) is 31.1. The van der Waals surface area contributed by atoms with Crippen molar-refractivity contribution in [1.29, 1.82) is 0 Å². The van der Waals surface area contributed by atoms with E-state index in [9.17, 15) is 9.59 Å². The van der Waals surface area contributed by atoms with Crippen LogP contribution in [0.15, 0.2) is 30.3 Å². The zero-order valence-electron chi connectivity index (χ0n) is 21.8. The summed E-state index contributed by atoms with van der Waals surface area (Å²) in [6.07, 6.45) is 21.5. The first-order valence-electron chi connectivity index (χ1n) is 13.1. The monoisotopic (exact) mass is 464 g/mol. The molecule has 0 saturated heterocycles. The first-order chi connectivity index (χ1) is 16.3. The molecule has 1 unspecified atom stereocenters. The Morgan fingerprint density at radius 1 is 0.758 bits per heavy atom. The highest BCUT2D eigenvalue weighted by Crippen LogP contribution is 2.17. The minimum absolute atomic E-state index is 0.297. The highest BCUT2D eigenvalue weighted by Gasteiger charge is 2.06. The molecule has 0 aliphatic rings. The van der Waals surface area contributed by atoms with Crippen LogP contribution in [0.5, 0.6) is 0 Å². The lowest BCUT2D eigenvalue weighted by Gasteiger charge is -2.10. The van der Waals surface area contributed by atoms with E-state index in [4.69, 9.17) is 9.84 Å². The fourth-order valence-electron chi connectivity index (χ4n) is 3.73. The molecule has 192 valence electrons. The fourth-order valence-corrected chi connectivity index (χ4v) is 3.73. The predicted molar refractivity (Wildman–Crippen MR) is 140 cm³/mol. The van der Waals surface area contributed by atoms with Crippen LogP contribution in [0.1, 0.15) is 115 Å². The van der Waals surface area contributed by atoms with Gasteiger partial charge in [0, 0.05) is 26.6 Å². The van der Waals surface area contributed by atoms with Gasteiger partial charge in [0.1, 0.15) is 12.6 Å². The van der Waals surface area contributed by atoms with Crippen molar-refractivity contribution in [2.24, 2.45) is 5.92 Å². The molecule has 1 aromatic rings. The predicted octanol–water partition coefficient (Wildman–Crippen LogP) is 7.70. The molecule has 0 fully saturated rings. The largest absolute Gasteiger partial charge is 0.400 e. The van der Waals surface area contributed by atoms with Crippen LogP contribution in [0.2, 0.25) is 0 Å². The van der Waals surface area contributed by atoms with Gasteiger partial charge in [-0.1, -0.05) is 114 Å². The van der Waals surface area contributed by atoms with Crippen LogP contribution < -0.4 is 0 Å². The molecule has 1 atom stereocenters. The average molecular weight is 465 g/mol. The molecule has 1 aromatic carbocycles. The number of unbranched alkanes of at least 4 members (excludes halogenated alkanes) is 12. The minimum atomic E-state index is 0.297. The third-order valence-electron chi connectivity index (χ3n) is 5.67. The van der Waals surface area contributed by atoms with Crippen LogP contribution in [-0.4, -0.2) is 31.9 Å². The van der Waals surface area contributed by atoms with Gasteiger partial charge < -0.3 is 19.4 Å². The van der Waals surface area contributed by atoms with E-state index in [2.05, 4.69) is 6.92 Å². The van der Waals surface area contributed by atoms with Crippen molar-refractivity contribution in [3.63, 3.8) is 0 Å². The van der Waals surface area contributed by atoms with Crippen LogP contribution in [0.3, 0.4) is 0 Å². The molecule has 0 spiro atoms. The van der Waals surface area contributed by atoms with E-state index in [1.54, 1.807) is 7.11 Å². The summed E-state index contributed by atoms with van der Waals surface area (Å²) in [5, 5.41) is 7.00. The Balaban J connectivity index is 0. The lowest BCUT2D eigenvalue weighted by molar-refractivity contribution is -0.111. The summed E-state index contributed by atoms with van der Waals surface area (Å²) in [6, 6.07) is 10.1. The first kappa shape index (κ1) is 33.7. The van der Waals surface area contributed by atoms with Gasteiger partial charge in [0.15, 0.2) is 0 Å². The second kappa shape index (κ2) is 30.5. The van der Waals surface area contributed by atoms with E-state index in [0.29, 0.717) is 18.9 Å². The number of carbonyl (C=O) groups excluding carboxylic acids is 2. The van der Waals surface area contributed by atoms with Gasteiger partial charge in [-0.3, -0.25) is 0 Å². The lowest BCUT2D eigenvalue weighted by atomic mass is 9.95. The highest BCUT2D eigenvalue weighted by molar-refractivity contribution is 5.53. The number of hydrogen-bond donors (Lipinski definition) is 1. The van der Waals surface area contributed by atoms with Crippen molar-refractivity contribution in [3.05, 3.63) is 35.9 Å². The molecule has 0 aromatic heterocycles. The van der Waals surface area contributed by atoms with Crippen LogP contribution in [0.4, 0.5) is 0 Å². The topological polar surface area (TPSA) is 63.6 Å². The Hall–Kier alpha value is -1.52. The van der Waals surface area contributed by atoms with Gasteiger partial charge in [-0.25, -0.2) is 0 Å². The van der Waals surface area contributed by atoms with Crippen molar-refractivity contribution >= 4 is 12.6 Å². The van der Waals surface area contributed by atoms with Gasteiger partial charge in [0.05, 0.1) is 6.61 Å². The Labute approximate surface area is 204 Å². The molecule has 33 heavy (non-hydrogen) atoms. The number of rotatable bonds is 20. The molecule has 0 saturated carbocycles. The van der Waals surface area contributed by atoms with Crippen LogP contribution in [0, 0.1) is 5.92 Å². The molecule has 0 radical (unpaired) electrons. The number of aliphatic hydroxyl groups excluding tert-OH is 1. The maximum Gasteiger partial charge on any atom is 0.123 e. The average Bonchev–Trinajstić information content (AvgIpc) is 2.86. The normalized spacial score (nSPS) is 10.9. The third-order valence-corrected chi connectivity index (χ3v) is 5.67. The molecule has 0 aliphatic heterocycles. The Bertz CT molecular complexity index is 490. The summed E-state index contributed by atoms with van der Waals surface area (Å²) in [4.78, 5) is 21.3. The smallest absolute Gasteiger partial charge is 0.123 e. The molecule has 1 rings (SSSR count). The molecular formula is C29H52O4. The van der Waals surface area contributed by atoms with Gasteiger partial charge in [-0.2, -0.15) is 0 Å². The molecule has 0 bridgehead atoms. The molecule has 4 heteroatoms. The summed E-state index contributed by atoms with van der Waals surface area (Å²) >= 11 is 0. The van der Waals surface area contributed by atoms with Crippen LogP contribution in [0.25, 0.3) is 0 Å². The van der Waals surface area contributed by atoms with Crippen molar-refractivity contribution < 1.29 is 19.4 Å². The van der Waals surface area contributed by atoms with Gasteiger partial charge in [0.2, 0.25) is 0 Å². The molecule has 0 amide bonds. The van der Waals surface area contributed by atoms with Crippen molar-refractivity contribution in [2.45, 2.75) is 116 Å². The number of aliphatic hydroxyl groups is 1. The Morgan fingerprint density at radius 3 is 1.70 bits per heavy atom. The Morgan fingerprint density at radius 2 is 1.24 bits per heavy atom. The maximum atomic E-state index is 11.1. The second-order valence-corrected chi connectivity index (χ2v) is 8.59. The zero-order valence-corrected chi connectivity index (χ0v) is 21.8. The number of methoxy groups -OCH3 is 1. The maximum absolute atomic E-state index is 11.1. The van der Waals surface area contributed by atoms with Gasteiger partial charge in [-0.05, 0) is 24.8 Å². The van der Waals surface area contributed by atoms with Crippen molar-refractivity contribution in [1.82, 2.24) is 0 Å². The SMILES string of the molecule is CCCCCCCCCC(C=O)CCCCCCCCC=O.CO.COCc1ccccc1. The number of aldehydes is 2. The quantitative estimate of drug-likeness (QED) is 0.159. The highest BCUT2D eigenvalue weighted by atomic mass is 16.5. The van der Waals surface area contributed by atoms with Crippen molar-refractivity contribution in [2.75, 3.05) is 14.2 Å². The molecule has 0 aliphatic carbocycles. The van der Waals surface area contributed by atoms with E-state index >= 15 is 0 Å². The van der Waals surface area contributed by atoms with E-state index in [-0.39, 0.29) is 0 Å². The summed E-state index contributed by atoms with van der Waals surface area (Å²) < 4.78 is 4.93. The summed E-state index contributed by atoms with van der Waals surface area (Å²) in [5.74, 6) is 0.297. The second-order valence-electron chi connectivity index (χ2n) is 8.59.